The fourth-order valence-electron chi connectivity index (χ4n) is 4.88. The summed E-state index contributed by atoms with van der Waals surface area (Å²) < 4.78 is 41.9. The molecule has 1 unspecified atom stereocenters. The lowest BCUT2D eigenvalue weighted by Crippen LogP contribution is -2.53. The summed E-state index contributed by atoms with van der Waals surface area (Å²) in [4.78, 5) is 22.3. The lowest BCUT2D eigenvalue weighted by Gasteiger charge is -2.38. The highest BCUT2D eigenvalue weighted by atomic mass is 32.2. The summed E-state index contributed by atoms with van der Waals surface area (Å²) in [5.74, 6) is -0.830. The Morgan fingerprint density at radius 2 is 1.69 bits per heavy atom. The van der Waals surface area contributed by atoms with Crippen LogP contribution in [0.2, 0.25) is 0 Å². The molecule has 2 aliphatic heterocycles. The third-order valence-electron chi connectivity index (χ3n) is 6.98. The number of piperazine rings is 1. The van der Waals surface area contributed by atoms with Crippen LogP contribution in [0.25, 0.3) is 10.2 Å². The maximum atomic E-state index is 13.3. The van der Waals surface area contributed by atoms with Gasteiger partial charge in [0.15, 0.2) is 5.13 Å². The van der Waals surface area contributed by atoms with Gasteiger partial charge in [-0.2, -0.15) is 4.31 Å². The van der Waals surface area contributed by atoms with Crippen LogP contribution < -0.4 is 4.90 Å². The molecule has 2 fully saturated rings. The van der Waals surface area contributed by atoms with Gasteiger partial charge in [0.1, 0.15) is 5.82 Å². The highest BCUT2D eigenvalue weighted by molar-refractivity contribution is 7.89. The molecule has 0 N–H and O–H groups in total. The van der Waals surface area contributed by atoms with Crippen molar-refractivity contribution in [3.63, 3.8) is 0 Å². The third kappa shape index (κ3) is 4.66. The number of anilines is 1. The number of hydrogen-bond donors (Lipinski definition) is 0. The smallest absolute Gasteiger partial charge is 0.243 e. The van der Waals surface area contributed by atoms with Gasteiger partial charge in [-0.1, -0.05) is 23.5 Å². The number of benzene rings is 2. The fraction of sp³-hybridized carbons (Fsp3) is 0.440. The molecule has 0 saturated carbocycles. The topological polar surface area (TPSA) is 73.8 Å². The Kier molecular flexibility index (Phi) is 6.54. The second-order valence-electron chi connectivity index (χ2n) is 9.34. The van der Waals surface area contributed by atoms with Crippen molar-refractivity contribution in [3.05, 3.63) is 53.3 Å². The highest BCUT2D eigenvalue weighted by Gasteiger charge is 2.36. The number of sulfonamides is 1. The molecule has 1 atom stereocenters. The Morgan fingerprint density at radius 3 is 2.37 bits per heavy atom. The van der Waals surface area contributed by atoms with Gasteiger partial charge in [-0.15, -0.1) is 0 Å². The molecule has 0 radical (unpaired) electrons. The summed E-state index contributed by atoms with van der Waals surface area (Å²) in [6, 6.07) is 9.07. The Labute approximate surface area is 209 Å². The first kappa shape index (κ1) is 24.1. The standard InChI is InChI=1S/C25H29FN4O3S2/c1-17-5-6-18(2)23-22(17)27-25(34-23)29-14-12-28(13-15-29)24(31)19-4-3-11-30(16-19)35(32,33)21-9-7-20(26)8-10-21/h5-10,19H,3-4,11-16H2,1-2H3. The molecule has 1 amide bonds. The molecule has 2 aliphatic rings. The molecule has 0 aliphatic carbocycles. The molecule has 2 saturated heterocycles. The highest BCUT2D eigenvalue weighted by Crippen LogP contribution is 2.33. The number of piperidine rings is 1. The minimum atomic E-state index is -3.76. The first-order valence-electron chi connectivity index (χ1n) is 11.9. The van der Waals surface area contributed by atoms with Crippen LogP contribution in [0.5, 0.6) is 0 Å². The van der Waals surface area contributed by atoms with Crippen LogP contribution in [0.15, 0.2) is 41.3 Å². The summed E-state index contributed by atoms with van der Waals surface area (Å²) in [7, 11) is -3.76. The number of fused-ring (bicyclic) bond motifs is 1. The molecule has 0 bridgehead atoms. The van der Waals surface area contributed by atoms with Gasteiger partial charge < -0.3 is 9.80 Å². The Balaban J connectivity index is 1.23. The van der Waals surface area contributed by atoms with Crippen molar-refractivity contribution in [2.24, 2.45) is 5.92 Å². The van der Waals surface area contributed by atoms with Gasteiger partial charge in [0.05, 0.1) is 21.0 Å². The molecule has 1 aromatic heterocycles. The third-order valence-corrected chi connectivity index (χ3v) is 10.1. The second-order valence-corrected chi connectivity index (χ2v) is 12.3. The normalized spacial score (nSPS) is 19.9. The van der Waals surface area contributed by atoms with Crippen LogP contribution in [0, 0.1) is 25.6 Å². The van der Waals surface area contributed by atoms with Crippen molar-refractivity contribution in [1.29, 1.82) is 0 Å². The zero-order chi connectivity index (χ0) is 24.7. The first-order valence-corrected chi connectivity index (χ1v) is 14.2. The average Bonchev–Trinajstić information content (AvgIpc) is 3.33. The molecule has 2 aromatic carbocycles. The quantitative estimate of drug-likeness (QED) is 0.527. The molecular formula is C25H29FN4O3S2. The molecule has 7 nitrogen and oxygen atoms in total. The zero-order valence-corrected chi connectivity index (χ0v) is 21.5. The molecular weight excluding hydrogens is 487 g/mol. The van der Waals surface area contributed by atoms with Crippen LogP contribution in [0.4, 0.5) is 9.52 Å². The predicted octanol–water partition coefficient (Wildman–Crippen LogP) is 3.80. The number of aryl methyl sites for hydroxylation is 2. The average molecular weight is 517 g/mol. The van der Waals surface area contributed by atoms with Gasteiger partial charge in [-0.05, 0) is 62.1 Å². The number of amides is 1. The van der Waals surface area contributed by atoms with Gasteiger partial charge in [0.2, 0.25) is 15.9 Å². The van der Waals surface area contributed by atoms with Crippen molar-refractivity contribution < 1.29 is 17.6 Å². The SMILES string of the molecule is Cc1ccc(C)c2sc(N3CCN(C(=O)C4CCCN(S(=O)(=O)c5ccc(F)cc5)C4)CC3)nc12. The van der Waals surface area contributed by atoms with Gasteiger partial charge in [0.25, 0.3) is 0 Å². The number of nitrogens with zero attached hydrogens (tertiary/aromatic N) is 4. The van der Waals surface area contributed by atoms with E-state index < -0.39 is 15.8 Å². The first-order chi connectivity index (χ1) is 16.7. The van der Waals surface area contributed by atoms with Crippen molar-refractivity contribution in [1.82, 2.24) is 14.2 Å². The number of thiazole rings is 1. The fourth-order valence-corrected chi connectivity index (χ4v) is 7.56. The van der Waals surface area contributed by atoms with E-state index in [0.717, 1.165) is 22.8 Å². The summed E-state index contributed by atoms with van der Waals surface area (Å²) >= 11 is 1.70. The van der Waals surface area contributed by atoms with E-state index in [1.54, 1.807) is 11.3 Å². The van der Waals surface area contributed by atoms with Gasteiger partial charge in [-0.3, -0.25) is 4.79 Å². The van der Waals surface area contributed by atoms with Gasteiger partial charge in [0, 0.05) is 39.3 Å². The van der Waals surface area contributed by atoms with Gasteiger partial charge in [-0.25, -0.2) is 17.8 Å². The second kappa shape index (κ2) is 9.48. The molecule has 35 heavy (non-hydrogen) atoms. The molecule has 0 spiro atoms. The van der Waals surface area contributed by atoms with E-state index in [2.05, 4.69) is 30.9 Å². The lowest BCUT2D eigenvalue weighted by molar-refractivity contribution is -0.137. The van der Waals surface area contributed by atoms with E-state index in [9.17, 15) is 17.6 Å². The van der Waals surface area contributed by atoms with Crippen molar-refractivity contribution in [3.8, 4) is 0 Å². The number of carbonyl (C=O) groups excluding carboxylic acids is 1. The maximum Gasteiger partial charge on any atom is 0.243 e. The van der Waals surface area contributed by atoms with Crippen LogP contribution in [-0.4, -0.2) is 67.8 Å². The number of rotatable bonds is 4. The Hall–Kier alpha value is -2.56. The van der Waals surface area contributed by atoms with Crippen molar-refractivity contribution >= 4 is 42.6 Å². The minimum absolute atomic E-state index is 0.0136. The summed E-state index contributed by atoms with van der Waals surface area (Å²) in [5, 5.41) is 0.985. The summed E-state index contributed by atoms with van der Waals surface area (Å²) in [6.07, 6.45) is 1.30. The molecule has 3 aromatic rings. The van der Waals surface area contributed by atoms with E-state index in [1.807, 2.05) is 4.90 Å². The number of aromatic nitrogens is 1. The predicted molar refractivity (Wildman–Crippen MR) is 136 cm³/mol. The van der Waals surface area contributed by atoms with Crippen LogP contribution in [0.3, 0.4) is 0 Å². The summed E-state index contributed by atoms with van der Waals surface area (Å²) in [6.45, 7) is 7.29. The van der Waals surface area contributed by atoms with Gasteiger partial charge >= 0.3 is 0 Å². The molecule has 5 rings (SSSR count). The molecule has 186 valence electrons. The maximum absolute atomic E-state index is 13.3. The van der Waals surface area contributed by atoms with E-state index >= 15 is 0 Å². The molecule has 10 heteroatoms. The van der Waals surface area contributed by atoms with Crippen molar-refractivity contribution in [2.75, 3.05) is 44.2 Å². The number of halogens is 1. The zero-order valence-electron chi connectivity index (χ0n) is 19.9. The van der Waals surface area contributed by atoms with E-state index in [4.69, 9.17) is 4.98 Å². The summed E-state index contributed by atoms with van der Waals surface area (Å²) in [5.41, 5.74) is 3.44. The Bertz CT molecular complexity index is 1310. The number of hydrogen-bond acceptors (Lipinski definition) is 6. The van der Waals surface area contributed by atoms with Crippen LogP contribution in [0.1, 0.15) is 24.0 Å². The number of carbonyl (C=O) groups is 1. The lowest BCUT2D eigenvalue weighted by atomic mass is 9.98. The van der Waals surface area contributed by atoms with E-state index in [1.165, 1.54) is 32.3 Å². The van der Waals surface area contributed by atoms with Crippen LogP contribution in [-0.2, 0) is 14.8 Å². The largest absolute Gasteiger partial charge is 0.345 e. The van der Waals surface area contributed by atoms with Crippen LogP contribution >= 0.6 is 11.3 Å². The van der Waals surface area contributed by atoms with E-state index in [0.29, 0.717) is 45.6 Å². The monoisotopic (exact) mass is 516 g/mol. The Morgan fingerprint density at radius 1 is 1.00 bits per heavy atom. The minimum Gasteiger partial charge on any atom is -0.345 e. The van der Waals surface area contributed by atoms with Crippen molar-refractivity contribution in [2.45, 2.75) is 31.6 Å². The van der Waals surface area contributed by atoms with E-state index in [-0.39, 0.29) is 23.3 Å². The molecule has 3 heterocycles.